The maximum atomic E-state index is 3.42. The van der Waals surface area contributed by atoms with Gasteiger partial charge in [0.15, 0.2) is 0 Å². The summed E-state index contributed by atoms with van der Waals surface area (Å²) in [5.41, 5.74) is 0. The molecule has 1 aliphatic rings. The molecule has 0 unspecified atom stereocenters. The van der Waals surface area contributed by atoms with Gasteiger partial charge in [-0.15, -0.1) is 0 Å². The van der Waals surface area contributed by atoms with Crippen LogP contribution in [0, 0.1) is 0 Å². The van der Waals surface area contributed by atoms with Gasteiger partial charge in [-0.2, -0.15) is 0 Å². The van der Waals surface area contributed by atoms with Crippen molar-refractivity contribution in [3.8, 4) is 0 Å². The third kappa shape index (κ3) is 17.2. The molecule has 0 aromatic rings. The topological polar surface area (TPSA) is 48.1 Å². The molecule has 1 rings (SSSR count). The van der Waals surface area contributed by atoms with Crippen molar-refractivity contribution in [2.45, 2.75) is 12.8 Å². The molecule has 4 nitrogen and oxygen atoms in total. The van der Waals surface area contributed by atoms with Crippen LogP contribution in [0.4, 0.5) is 0 Å². The second-order valence-electron chi connectivity index (χ2n) is 3.71. The minimum atomic E-state index is 0. The molecule has 0 aliphatic carbocycles. The summed E-state index contributed by atoms with van der Waals surface area (Å²) in [6.07, 6.45) is 2.44. The Morgan fingerprint density at radius 1 is 0.471 bits per heavy atom. The van der Waals surface area contributed by atoms with Crippen LogP contribution >= 0.6 is 0 Å². The normalized spacial score (nSPS) is 19.8. The number of hydrogen-bond acceptors (Lipinski definition) is 4. The average molecular weight is 363 g/mol. The van der Waals surface area contributed by atoms with Gasteiger partial charge in [-0.25, -0.2) is 0 Å². The Balaban J connectivity index is -0.000000653. The summed E-state index contributed by atoms with van der Waals surface area (Å²) in [5, 5.41) is 13.7. The van der Waals surface area contributed by atoms with E-state index in [9.17, 15) is 0 Å². The molecule has 0 saturated carbocycles. The summed E-state index contributed by atoms with van der Waals surface area (Å²) in [4.78, 5) is 0. The van der Waals surface area contributed by atoms with Crippen LogP contribution in [0.25, 0.3) is 0 Å². The smallest absolute Gasteiger partial charge is 1.00 e. The number of nitrogens with one attached hydrogen (secondary N) is 4. The molecule has 1 saturated heterocycles. The van der Waals surface area contributed by atoms with Crippen molar-refractivity contribution in [3.63, 3.8) is 0 Å². The van der Waals surface area contributed by atoms with Gasteiger partial charge in [-0.05, 0) is 39.0 Å². The average Bonchev–Trinajstić information content (AvgIpc) is 2.22. The van der Waals surface area contributed by atoms with Crippen molar-refractivity contribution in [2.24, 2.45) is 0 Å². The molecule has 4 N–H and O–H groups in total. The van der Waals surface area contributed by atoms with Crippen LogP contribution in [-0.4, -0.2) is 52.4 Å². The van der Waals surface area contributed by atoms with Gasteiger partial charge in [0.25, 0.3) is 0 Å². The first-order valence-corrected chi connectivity index (χ1v) is 5.83. The van der Waals surface area contributed by atoms with Gasteiger partial charge in [0.05, 0.1) is 0 Å². The van der Waals surface area contributed by atoms with Crippen LogP contribution in [0.3, 0.4) is 0 Å². The molecule has 0 spiro atoms. The second-order valence-corrected chi connectivity index (χ2v) is 3.71. The third-order valence-corrected chi connectivity index (χ3v) is 2.37. The van der Waals surface area contributed by atoms with Crippen molar-refractivity contribution >= 4 is 0 Å². The molecule has 1 radical (unpaired) electrons. The van der Waals surface area contributed by atoms with E-state index < -0.39 is 0 Å². The Morgan fingerprint density at radius 2 is 0.706 bits per heavy atom. The van der Waals surface area contributed by atoms with Gasteiger partial charge in [0, 0.05) is 26.2 Å². The Labute approximate surface area is 133 Å². The molecule has 7 heteroatoms. The molecular formula is C10H24ClCu2N4+2. The van der Waals surface area contributed by atoms with Crippen LogP contribution in [0.15, 0.2) is 0 Å². The molecule has 111 valence electrons. The van der Waals surface area contributed by atoms with E-state index in [2.05, 4.69) is 21.3 Å². The van der Waals surface area contributed by atoms with Crippen molar-refractivity contribution in [2.75, 3.05) is 52.4 Å². The second kappa shape index (κ2) is 19.5. The van der Waals surface area contributed by atoms with Gasteiger partial charge in [0.1, 0.15) is 0 Å². The van der Waals surface area contributed by atoms with Crippen molar-refractivity contribution in [1.29, 1.82) is 0 Å². The molecule has 1 heterocycles. The number of hydrogen-bond donors (Lipinski definition) is 4. The van der Waals surface area contributed by atoms with Crippen LogP contribution in [0.1, 0.15) is 12.8 Å². The van der Waals surface area contributed by atoms with Gasteiger partial charge >= 0.3 is 34.1 Å². The zero-order chi connectivity index (χ0) is 9.90. The Kier molecular flexibility index (Phi) is 26.7. The SMILES string of the molecule is C1CNCCNCCCNCCNC1.[Cl-].[Cu+2].[Cu+]. The van der Waals surface area contributed by atoms with E-state index in [0.717, 1.165) is 52.4 Å². The van der Waals surface area contributed by atoms with Crippen molar-refractivity contribution < 1.29 is 46.5 Å². The largest absolute Gasteiger partial charge is 2.00 e. The zero-order valence-electron chi connectivity index (χ0n) is 10.1. The number of rotatable bonds is 0. The monoisotopic (exact) mass is 361 g/mol. The van der Waals surface area contributed by atoms with E-state index in [-0.39, 0.29) is 46.5 Å². The van der Waals surface area contributed by atoms with Gasteiger partial charge in [-0.3, -0.25) is 0 Å². The first-order valence-electron chi connectivity index (χ1n) is 5.83. The van der Waals surface area contributed by atoms with Gasteiger partial charge in [-0.1, -0.05) is 0 Å². The Bertz CT molecular complexity index is 79.6. The molecule has 0 aromatic carbocycles. The summed E-state index contributed by atoms with van der Waals surface area (Å²) in [6.45, 7) is 8.87. The third-order valence-electron chi connectivity index (χ3n) is 2.37. The first-order chi connectivity index (χ1) is 7.00. The van der Waals surface area contributed by atoms with Crippen LogP contribution in [-0.2, 0) is 34.1 Å². The predicted octanol–water partition coefficient (Wildman–Crippen LogP) is -3.86. The number of halogens is 1. The predicted molar refractivity (Wildman–Crippen MR) is 60.7 cm³/mol. The van der Waals surface area contributed by atoms with E-state index in [1.807, 2.05) is 0 Å². The first kappa shape index (κ1) is 23.3. The molecule has 1 fully saturated rings. The fourth-order valence-corrected chi connectivity index (χ4v) is 1.53. The molecule has 0 amide bonds. The molecule has 0 aromatic heterocycles. The maximum Gasteiger partial charge on any atom is 2.00 e. The van der Waals surface area contributed by atoms with Crippen LogP contribution in [0.5, 0.6) is 0 Å². The Morgan fingerprint density at radius 3 is 0.941 bits per heavy atom. The zero-order valence-corrected chi connectivity index (χ0v) is 12.7. The van der Waals surface area contributed by atoms with E-state index in [0.29, 0.717) is 0 Å². The molecule has 1 aliphatic heterocycles. The van der Waals surface area contributed by atoms with E-state index in [1.54, 1.807) is 0 Å². The summed E-state index contributed by atoms with van der Waals surface area (Å²) in [7, 11) is 0. The van der Waals surface area contributed by atoms with Gasteiger partial charge < -0.3 is 33.7 Å². The summed E-state index contributed by atoms with van der Waals surface area (Å²) in [5.74, 6) is 0. The summed E-state index contributed by atoms with van der Waals surface area (Å²) >= 11 is 0. The maximum absolute atomic E-state index is 3.42. The van der Waals surface area contributed by atoms with Crippen molar-refractivity contribution in [3.05, 3.63) is 0 Å². The summed E-state index contributed by atoms with van der Waals surface area (Å²) < 4.78 is 0. The molecule has 17 heavy (non-hydrogen) atoms. The molecule has 0 atom stereocenters. The van der Waals surface area contributed by atoms with Crippen LogP contribution in [0.2, 0.25) is 0 Å². The molecule has 0 bridgehead atoms. The van der Waals surface area contributed by atoms with E-state index in [1.165, 1.54) is 12.8 Å². The van der Waals surface area contributed by atoms with E-state index >= 15 is 0 Å². The Hall–Kier alpha value is 1.17. The fraction of sp³-hybridized carbons (Fsp3) is 1.00. The minimum absolute atomic E-state index is 0. The molecular weight excluding hydrogens is 339 g/mol. The summed E-state index contributed by atoms with van der Waals surface area (Å²) in [6, 6.07) is 0. The van der Waals surface area contributed by atoms with E-state index in [4.69, 9.17) is 0 Å². The minimum Gasteiger partial charge on any atom is -1.00 e. The van der Waals surface area contributed by atoms with Crippen molar-refractivity contribution in [1.82, 2.24) is 21.3 Å². The quantitative estimate of drug-likeness (QED) is 0.333. The van der Waals surface area contributed by atoms with Crippen LogP contribution < -0.4 is 33.7 Å². The standard InChI is InChI=1S/C10H24N4.ClH.2Cu/c1-3-11-7-9-13-5-2-6-14-10-8-12-4-1;;;/h11-14H,1-10H2;1H;;/q;;+1;+2/p-1. The fourth-order valence-electron chi connectivity index (χ4n) is 1.53. The van der Waals surface area contributed by atoms with Gasteiger partial charge in [0.2, 0.25) is 0 Å².